The molecule has 1 aromatic heterocycles. The molecule has 2 aromatic rings. The van der Waals surface area contributed by atoms with Crippen LogP contribution in [0.2, 0.25) is 0 Å². The van der Waals surface area contributed by atoms with Gasteiger partial charge in [-0.2, -0.15) is 0 Å². The summed E-state index contributed by atoms with van der Waals surface area (Å²) >= 11 is 0. The Morgan fingerprint density at radius 3 is 2.23 bits per heavy atom. The molecule has 5 heteroatoms. The third-order valence-corrected chi connectivity index (χ3v) is 3.44. The second-order valence-electron chi connectivity index (χ2n) is 5.11. The number of nitrogens with one attached hydrogen (secondary N) is 1. The van der Waals surface area contributed by atoms with Crippen LogP contribution in [0.25, 0.3) is 0 Å². The number of hydrogen-bond donors (Lipinski definition) is 2. The van der Waals surface area contributed by atoms with Crippen molar-refractivity contribution < 1.29 is 9.90 Å². The van der Waals surface area contributed by atoms with Crippen molar-refractivity contribution >= 4 is 11.9 Å². The molecule has 22 heavy (non-hydrogen) atoms. The number of aromatic nitrogens is 2. The van der Waals surface area contributed by atoms with Crippen LogP contribution >= 0.6 is 0 Å². The molecule has 0 aliphatic carbocycles. The van der Waals surface area contributed by atoms with Crippen LogP contribution in [-0.2, 0) is 24.1 Å². The Bertz CT molecular complexity index is 607. The van der Waals surface area contributed by atoms with Crippen LogP contribution in [0.1, 0.15) is 30.8 Å². The smallest absolute Gasteiger partial charge is 0.326 e. The fraction of sp³-hybridized carbons (Fsp3) is 0.353. The molecular weight excluding hydrogens is 278 g/mol. The molecule has 0 aliphatic rings. The first-order valence-corrected chi connectivity index (χ1v) is 7.52. The zero-order chi connectivity index (χ0) is 15.9. The second kappa shape index (κ2) is 7.54. The lowest BCUT2D eigenvalue weighted by atomic mass is 10.1. The van der Waals surface area contributed by atoms with Crippen LogP contribution in [0, 0.1) is 0 Å². The van der Waals surface area contributed by atoms with Gasteiger partial charge in [0.25, 0.3) is 0 Å². The predicted octanol–water partition coefficient (Wildman–Crippen LogP) is 2.71. The highest BCUT2D eigenvalue weighted by atomic mass is 16.4. The first-order chi connectivity index (χ1) is 10.6. The van der Waals surface area contributed by atoms with Crippen LogP contribution < -0.4 is 5.32 Å². The summed E-state index contributed by atoms with van der Waals surface area (Å²) in [4.78, 5) is 20.3. The average molecular weight is 299 g/mol. The Kier molecular flexibility index (Phi) is 5.47. The Morgan fingerprint density at radius 2 is 1.73 bits per heavy atom. The molecule has 0 fully saturated rings. The number of carbonyl (C=O) groups is 1. The largest absolute Gasteiger partial charge is 0.480 e. The van der Waals surface area contributed by atoms with Crippen molar-refractivity contribution in [3.63, 3.8) is 0 Å². The quantitative estimate of drug-likeness (QED) is 0.822. The lowest BCUT2D eigenvalue weighted by molar-refractivity contribution is -0.137. The summed E-state index contributed by atoms with van der Waals surface area (Å²) in [5.41, 5.74) is 2.79. The number of aliphatic carboxylic acids is 1. The maximum atomic E-state index is 11.5. The molecule has 1 heterocycles. The van der Waals surface area contributed by atoms with Gasteiger partial charge < -0.3 is 10.4 Å². The van der Waals surface area contributed by atoms with Gasteiger partial charge in [0, 0.05) is 17.8 Å². The highest BCUT2D eigenvalue weighted by Gasteiger charge is 2.19. The topological polar surface area (TPSA) is 75.1 Å². The third kappa shape index (κ3) is 4.28. The molecular formula is C17H21N3O2. The van der Waals surface area contributed by atoms with Gasteiger partial charge in [-0.3, -0.25) is 0 Å². The number of nitrogens with zero attached hydrogens (tertiary/aromatic N) is 2. The van der Waals surface area contributed by atoms with Crippen LogP contribution in [0.5, 0.6) is 0 Å². The molecule has 0 aliphatic heterocycles. The van der Waals surface area contributed by atoms with Gasteiger partial charge in [0.1, 0.15) is 6.04 Å². The second-order valence-corrected chi connectivity index (χ2v) is 5.11. The molecule has 2 N–H and O–H groups in total. The lowest BCUT2D eigenvalue weighted by Crippen LogP contribution is -2.32. The molecule has 0 unspecified atom stereocenters. The van der Waals surface area contributed by atoms with Gasteiger partial charge in [0.05, 0.1) is 0 Å². The van der Waals surface area contributed by atoms with E-state index in [0.717, 1.165) is 29.8 Å². The molecule has 0 bridgehead atoms. The van der Waals surface area contributed by atoms with Crippen LogP contribution in [0.3, 0.4) is 0 Å². The van der Waals surface area contributed by atoms with Gasteiger partial charge in [0.15, 0.2) is 0 Å². The van der Waals surface area contributed by atoms with E-state index in [1.165, 1.54) is 0 Å². The SMILES string of the molecule is CCc1cc(CC)nc(N[C@H](Cc2ccccc2)C(=O)O)n1. The molecule has 0 radical (unpaired) electrons. The molecule has 2 rings (SSSR count). The van der Waals surface area contributed by atoms with Gasteiger partial charge in [0.2, 0.25) is 5.95 Å². The van der Waals surface area contributed by atoms with E-state index < -0.39 is 12.0 Å². The first kappa shape index (κ1) is 15.9. The Balaban J connectivity index is 2.19. The van der Waals surface area contributed by atoms with Crippen molar-refractivity contribution in [3.8, 4) is 0 Å². The zero-order valence-electron chi connectivity index (χ0n) is 12.9. The summed E-state index contributed by atoms with van der Waals surface area (Å²) in [6.45, 7) is 4.04. The minimum Gasteiger partial charge on any atom is -0.480 e. The van der Waals surface area contributed by atoms with Crippen molar-refractivity contribution in [3.05, 3.63) is 53.3 Å². The number of anilines is 1. The molecule has 116 valence electrons. The van der Waals surface area contributed by atoms with Crippen molar-refractivity contribution in [2.75, 3.05) is 5.32 Å². The predicted molar refractivity (Wildman–Crippen MR) is 86.0 cm³/mol. The van der Waals surface area contributed by atoms with E-state index in [9.17, 15) is 9.90 Å². The highest BCUT2D eigenvalue weighted by Crippen LogP contribution is 2.11. The van der Waals surface area contributed by atoms with E-state index >= 15 is 0 Å². The molecule has 1 aromatic carbocycles. The number of hydrogen-bond acceptors (Lipinski definition) is 4. The Hall–Kier alpha value is -2.43. The fourth-order valence-electron chi connectivity index (χ4n) is 2.19. The van der Waals surface area contributed by atoms with Crippen molar-refractivity contribution in [2.45, 2.75) is 39.2 Å². The van der Waals surface area contributed by atoms with Gasteiger partial charge in [-0.25, -0.2) is 14.8 Å². The third-order valence-electron chi connectivity index (χ3n) is 3.44. The van der Waals surface area contributed by atoms with Crippen molar-refractivity contribution in [1.29, 1.82) is 0 Å². The van der Waals surface area contributed by atoms with Gasteiger partial charge >= 0.3 is 5.97 Å². The van der Waals surface area contributed by atoms with E-state index in [0.29, 0.717) is 12.4 Å². The summed E-state index contributed by atoms with van der Waals surface area (Å²) in [5, 5.41) is 12.4. The lowest BCUT2D eigenvalue weighted by Gasteiger charge is -2.15. The summed E-state index contributed by atoms with van der Waals surface area (Å²) < 4.78 is 0. The standard InChI is InChI=1S/C17H21N3O2/c1-3-13-11-14(4-2)19-17(18-13)20-15(16(21)22)10-12-8-6-5-7-9-12/h5-9,11,15H,3-4,10H2,1-2H3,(H,21,22)(H,18,19,20)/t15-/m1/s1. The Morgan fingerprint density at radius 1 is 1.14 bits per heavy atom. The summed E-state index contributed by atoms with van der Waals surface area (Å²) in [6.07, 6.45) is 1.97. The summed E-state index contributed by atoms with van der Waals surface area (Å²) in [6, 6.07) is 10.7. The minimum atomic E-state index is -0.910. The maximum absolute atomic E-state index is 11.5. The average Bonchev–Trinajstić information content (AvgIpc) is 2.54. The number of benzene rings is 1. The molecule has 0 saturated carbocycles. The van der Waals surface area contributed by atoms with Crippen molar-refractivity contribution in [1.82, 2.24) is 9.97 Å². The van der Waals surface area contributed by atoms with Crippen LogP contribution in [0.4, 0.5) is 5.95 Å². The van der Waals surface area contributed by atoms with E-state index in [4.69, 9.17) is 0 Å². The van der Waals surface area contributed by atoms with Crippen molar-refractivity contribution in [2.24, 2.45) is 0 Å². The maximum Gasteiger partial charge on any atom is 0.326 e. The van der Waals surface area contributed by atoms with E-state index in [1.807, 2.05) is 50.2 Å². The summed E-state index contributed by atoms with van der Waals surface area (Å²) in [5.74, 6) is -0.521. The van der Waals surface area contributed by atoms with E-state index in [2.05, 4.69) is 15.3 Å². The van der Waals surface area contributed by atoms with Crippen LogP contribution in [0.15, 0.2) is 36.4 Å². The molecule has 5 nitrogen and oxygen atoms in total. The number of carboxylic acid groups (broad SMARTS) is 1. The van der Waals surface area contributed by atoms with Gasteiger partial charge in [-0.1, -0.05) is 44.2 Å². The summed E-state index contributed by atoms with van der Waals surface area (Å²) in [7, 11) is 0. The highest BCUT2D eigenvalue weighted by molar-refractivity contribution is 5.77. The van der Waals surface area contributed by atoms with E-state index in [-0.39, 0.29) is 0 Å². The van der Waals surface area contributed by atoms with Gasteiger partial charge in [-0.05, 0) is 24.5 Å². The molecule has 0 spiro atoms. The zero-order valence-corrected chi connectivity index (χ0v) is 12.9. The fourth-order valence-corrected chi connectivity index (χ4v) is 2.19. The first-order valence-electron chi connectivity index (χ1n) is 7.52. The Labute approximate surface area is 130 Å². The monoisotopic (exact) mass is 299 g/mol. The molecule has 0 amide bonds. The number of aryl methyl sites for hydroxylation is 2. The number of rotatable bonds is 7. The van der Waals surface area contributed by atoms with E-state index in [1.54, 1.807) is 0 Å². The molecule has 1 atom stereocenters. The normalized spacial score (nSPS) is 11.9. The van der Waals surface area contributed by atoms with Gasteiger partial charge in [-0.15, -0.1) is 0 Å². The van der Waals surface area contributed by atoms with Crippen LogP contribution in [-0.4, -0.2) is 27.1 Å². The number of carboxylic acids is 1. The molecule has 0 saturated heterocycles. The minimum absolute atomic E-state index is 0.386.